The zero-order chi connectivity index (χ0) is 13.5. The Morgan fingerprint density at radius 2 is 2.05 bits per heavy atom. The minimum absolute atomic E-state index is 0.473. The number of rotatable bonds is 6. The van der Waals surface area contributed by atoms with Crippen LogP contribution in [0.15, 0.2) is 42.7 Å². The SMILES string of the molecule is COc1cc(CCN)ccc1OCc1cccnc1. The van der Waals surface area contributed by atoms with Crippen molar-refractivity contribution in [1.29, 1.82) is 0 Å². The van der Waals surface area contributed by atoms with E-state index in [4.69, 9.17) is 15.2 Å². The van der Waals surface area contributed by atoms with Crippen LogP contribution in [0.3, 0.4) is 0 Å². The van der Waals surface area contributed by atoms with E-state index in [0.717, 1.165) is 29.0 Å². The number of aromatic nitrogens is 1. The highest BCUT2D eigenvalue weighted by Gasteiger charge is 2.06. The summed E-state index contributed by atoms with van der Waals surface area (Å²) in [5.74, 6) is 1.46. The number of ether oxygens (including phenoxy) is 2. The predicted molar refractivity (Wildman–Crippen MR) is 74.3 cm³/mol. The van der Waals surface area contributed by atoms with Crippen LogP contribution in [0.2, 0.25) is 0 Å². The largest absolute Gasteiger partial charge is 0.493 e. The van der Waals surface area contributed by atoms with Gasteiger partial charge in [-0.2, -0.15) is 0 Å². The molecule has 0 aliphatic carbocycles. The fourth-order valence-electron chi connectivity index (χ4n) is 1.80. The van der Waals surface area contributed by atoms with Crippen LogP contribution in [0.4, 0.5) is 0 Å². The number of nitrogens with two attached hydrogens (primary N) is 1. The van der Waals surface area contributed by atoms with Gasteiger partial charge >= 0.3 is 0 Å². The molecule has 2 N–H and O–H groups in total. The molecule has 0 aliphatic rings. The summed E-state index contributed by atoms with van der Waals surface area (Å²) in [7, 11) is 1.64. The molecule has 1 aromatic heterocycles. The number of hydrogen-bond acceptors (Lipinski definition) is 4. The summed E-state index contributed by atoms with van der Waals surface area (Å²) in [5, 5.41) is 0. The van der Waals surface area contributed by atoms with E-state index in [1.165, 1.54) is 0 Å². The number of nitrogens with zero attached hydrogens (tertiary/aromatic N) is 1. The third kappa shape index (κ3) is 3.69. The van der Waals surface area contributed by atoms with E-state index in [-0.39, 0.29) is 0 Å². The minimum Gasteiger partial charge on any atom is -0.493 e. The number of hydrogen-bond donors (Lipinski definition) is 1. The second kappa shape index (κ2) is 6.75. The molecule has 4 heteroatoms. The van der Waals surface area contributed by atoms with Crippen LogP contribution in [-0.4, -0.2) is 18.6 Å². The first kappa shape index (κ1) is 13.4. The van der Waals surface area contributed by atoms with Crippen molar-refractivity contribution in [3.63, 3.8) is 0 Å². The molecule has 0 bridgehead atoms. The first-order chi connectivity index (χ1) is 9.33. The van der Waals surface area contributed by atoms with Crippen molar-refractivity contribution in [3.8, 4) is 11.5 Å². The molecule has 4 nitrogen and oxygen atoms in total. The first-order valence-electron chi connectivity index (χ1n) is 6.22. The Balaban J connectivity index is 2.07. The molecule has 1 aromatic carbocycles. The Hall–Kier alpha value is -2.07. The number of methoxy groups -OCH3 is 1. The van der Waals surface area contributed by atoms with Gasteiger partial charge in [-0.25, -0.2) is 0 Å². The molecule has 2 rings (SSSR count). The third-order valence-corrected chi connectivity index (χ3v) is 2.78. The maximum atomic E-state index is 5.75. The van der Waals surface area contributed by atoms with Crippen LogP contribution in [-0.2, 0) is 13.0 Å². The normalized spacial score (nSPS) is 10.2. The summed E-state index contributed by atoms with van der Waals surface area (Å²) in [6.07, 6.45) is 4.36. The van der Waals surface area contributed by atoms with E-state index in [0.29, 0.717) is 13.2 Å². The monoisotopic (exact) mass is 258 g/mol. The lowest BCUT2D eigenvalue weighted by Crippen LogP contribution is -2.03. The molecule has 0 unspecified atom stereocenters. The maximum Gasteiger partial charge on any atom is 0.161 e. The van der Waals surface area contributed by atoms with E-state index in [2.05, 4.69) is 4.98 Å². The molecule has 19 heavy (non-hydrogen) atoms. The molecule has 0 atom stereocenters. The lowest BCUT2D eigenvalue weighted by Gasteiger charge is -2.12. The van der Waals surface area contributed by atoms with Crippen LogP contribution in [0.5, 0.6) is 11.5 Å². The van der Waals surface area contributed by atoms with Crippen LogP contribution >= 0.6 is 0 Å². The molecule has 0 saturated carbocycles. The van der Waals surface area contributed by atoms with Gasteiger partial charge in [0.2, 0.25) is 0 Å². The Bertz CT molecular complexity index is 515. The molecule has 0 fully saturated rings. The summed E-state index contributed by atoms with van der Waals surface area (Å²) in [6, 6.07) is 9.75. The zero-order valence-electron chi connectivity index (χ0n) is 11.0. The highest BCUT2D eigenvalue weighted by Crippen LogP contribution is 2.28. The van der Waals surface area contributed by atoms with Gasteiger partial charge in [-0.1, -0.05) is 12.1 Å². The summed E-state index contributed by atoms with van der Waals surface area (Å²) >= 11 is 0. The van der Waals surface area contributed by atoms with Gasteiger partial charge in [-0.05, 0) is 36.7 Å². The molecule has 100 valence electrons. The van der Waals surface area contributed by atoms with Gasteiger partial charge in [0.15, 0.2) is 11.5 Å². The van der Waals surface area contributed by atoms with Crippen molar-refractivity contribution in [3.05, 3.63) is 53.9 Å². The van der Waals surface area contributed by atoms with Crippen LogP contribution in [0.25, 0.3) is 0 Å². The van der Waals surface area contributed by atoms with Gasteiger partial charge in [0.05, 0.1) is 7.11 Å². The minimum atomic E-state index is 0.473. The Morgan fingerprint density at radius 3 is 2.74 bits per heavy atom. The highest BCUT2D eigenvalue weighted by atomic mass is 16.5. The summed E-state index contributed by atoms with van der Waals surface area (Å²) < 4.78 is 11.1. The quantitative estimate of drug-likeness (QED) is 0.862. The zero-order valence-corrected chi connectivity index (χ0v) is 11.0. The standard InChI is InChI=1S/C15H18N2O2/c1-18-15-9-12(6-7-16)4-5-14(15)19-11-13-3-2-8-17-10-13/h2-5,8-10H,6-7,11,16H2,1H3. The number of benzene rings is 1. The second-order valence-electron chi connectivity index (χ2n) is 4.17. The van der Waals surface area contributed by atoms with Crippen molar-refractivity contribution in [1.82, 2.24) is 4.98 Å². The molecule has 0 amide bonds. The Labute approximate surface area is 113 Å². The molecule has 0 spiro atoms. The van der Waals surface area contributed by atoms with E-state index in [1.54, 1.807) is 19.5 Å². The fraction of sp³-hybridized carbons (Fsp3) is 0.267. The lowest BCUT2D eigenvalue weighted by atomic mass is 10.1. The fourth-order valence-corrected chi connectivity index (χ4v) is 1.80. The molecule has 2 aromatic rings. The predicted octanol–water partition coefficient (Wildman–Crippen LogP) is 2.17. The van der Waals surface area contributed by atoms with Crippen molar-refractivity contribution in [2.75, 3.05) is 13.7 Å². The average molecular weight is 258 g/mol. The molecule has 0 saturated heterocycles. The summed E-state index contributed by atoms with van der Waals surface area (Å²) in [4.78, 5) is 4.05. The first-order valence-corrected chi connectivity index (χ1v) is 6.22. The average Bonchev–Trinajstić information content (AvgIpc) is 2.47. The third-order valence-electron chi connectivity index (χ3n) is 2.78. The molecular formula is C15H18N2O2. The van der Waals surface area contributed by atoms with Gasteiger partial charge in [-0.3, -0.25) is 4.98 Å². The Kier molecular flexibility index (Phi) is 4.75. The van der Waals surface area contributed by atoms with Gasteiger partial charge in [0.1, 0.15) is 6.61 Å². The molecule has 0 radical (unpaired) electrons. The lowest BCUT2D eigenvalue weighted by molar-refractivity contribution is 0.284. The highest BCUT2D eigenvalue weighted by molar-refractivity contribution is 5.43. The van der Waals surface area contributed by atoms with Crippen molar-refractivity contribution in [2.45, 2.75) is 13.0 Å². The van der Waals surface area contributed by atoms with Crippen LogP contribution < -0.4 is 15.2 Å². The maximum absolute atomic E-state index is 5.75. The van der Waals surface area contributed by atoms with Crippen molar-refractivity contribution >= 4 is 0 Å². The van der Waals surface area contributed by atoms with E-state index in [9.17, 15) is 0 Å². The topological polar surface area (TPSA) is 57.4 Å². The van der Waals surface area contributed by atoms with Gasteiger partial charge in [0.25, 0.3) is 0 Å². The Morgan fingerprint density at radius 1 is 1.16 bits per heavy atom. The second-order valence-corrected chi connectivity index (χ2v) is 4.17. The molecule has 1 heterocycles. The van der Waals surface area contributed by atoms with Gasteiger partial charge in [0, 0.05) is 18.0 Å². The van der Waals surface area contributed by atoms with Gasteiger partial charge < -0.3 is 15.2 Å². The van der Waals surface area contributed by atoms with E-state index in [1.807, 2.05) is 30.3 Å². The summed E-state index contributed by atoms with van der Waals surface area (Å²) in [5.41, 5.74) is 7.72. The van der Waals surface area contributed by atoms with Gasteiger partial charge in [-0.15, -0.1) is 0 Å². The smallest absolute Gasteiger partial charge is 0.161 e. The van der Waals surface area contributed by atoms with Crippen LogP contribution in [0, 0.1) is 0 Å². The van der Waals surface area contributed by atoms with E-state index >= 15 is 0 Å². The van der Waals surface area contributed by atoms with Crippen LogP contribution in [0.1, 0.15) is 11.1 Å². The van der Waals surface area contributed by atoms with Crippen molar-refractivity contribution in [2.24, 2.45) is 5.73 Å². The van der Waals surface area contributed by atoms with E-state index < -0.39 is 0 Å². The van der Waals surface area contributed by atoms with Crippen molar-refractivity contribution < 1.29 is 9.47 Å². The summed E-state index contributed by atoms with van der Waals surface area (Å²) in [6.45, 7) is 1.10. The molecule has 0 aliphatic heterocycles. The number of pyridine rings is 1. The molecular weight excluding hydrogens is 240 g/mol.